The van der Waals surface area contributed by atoms with Crippen molar-refractivity contribution in [2.24, 2.45) is 4.99 Å². The monoisotopic (exact) mass is 264 g/mol. The highest BCUT2D eigenvalue weighted by atomic mass is 16.6. The Bertz CT molecular complexity index is 514. The number of isocyanates is 1. The molecule has 1 aromatic rings. The number of carbonyl (C=O) groups excluding carboxylic acids is 2. The molecule has 6 nitrogen and oxygen atoms in total. The van der Waals surface area contributed by atoms with Gasteiger partial charge in [-0.15, -0.1) is 0 Å². The van der Waals surface area contributed by atoms with Crippen molar-refractivity contribution in [1.29, 1.82) is 0 Å². The van der Waals surface area contributed by atoms with Gasteiger partial charge in [-0.2, -0.15) is 4.99 Å². The summed E-state index contributed by atoms with van der Waals surface area (Å²) in [6.45, 7) is 5.31. The molecule has 1 amide bonds. The Morgan fingerprint density at radius 3 is 2.58 bits per heavy atom. The summed E-state index contributed by atoms with van der Waals surface area (Å²) in [4.78, 5) is 25.3. The molecule has 0 aliphatic rings. The van der Waals surface area contributed by atoms with E-state index in [1.54, 1.807) is 32.9 Å². The van der Waals surface area contributed by atoms with Gasteiger partial charge in [0.15, 0.2) is 0 Å². The van der Waals surface area contributed by atoms with Crippen LogP contribution in [-0.4, -0.2) is 24.9 Å². The summed E-state index contributed by atoms with van der Waals surface area (Å²) in [5.41, 5.74) is 0.238. The van der Waals surface area contributed by atoms with Crippen LogP contribution in [0.4, 0.5) is 16.2 Å². The summed E-state index contributed by atoms with van der Waals surface area (Å²) in [6.07, 6.45) is 0.848. The molecule has 0 aromatic heterocycles. The number of benzene rings is 1. The maximum Gasteiger partial charge on any atom is 0.412 e. The van der Waals surface area contributed by atoms with Crippen LogP contribution in [0.5, 0.6) is 5.75 Å². The highest BCUT2D eigenvalue weighted by Crippen LogP contribution is 2.29. The molecule has 1 N–H and O–H groups in total. The zero-order valence-corrected chi connectivity index (χ0v) is 11.3. The molecule has 1 rings (SSSR count). The number of ether oxygens (including phenoxy) is 2. The Morgan fingerprint density at radius 2 is 2.05 bits per heavy atom. The van der Waals surface area contributed by atoms with Gasteiger partial charge in [0, 0.05) is 6.07 Å². The van der Waals surface area contributed by atoms with Crippen LogP contribution < -0.4 is 10.1 Å². The van der Waals surface area contributed by atoms with Gasteiger partial charge >= 0.3 is 6.09 Å². The second-order valence-corrected chi connectivity index (χ2v) is 4.71. The molecule has 0 heterocycles. The van der Waals surface area contributed by atoms with Gasteiger partial charge in [0.2, 0.25) is 6.08 Å². The average Bonchev–Trinajstić information content (AvgIpc) is 2.29. The number of hydrogen-bond acceptors (Lipinski definition) is 5. The molecule has 0 aliphatic carbocycles. The van der Waals surface area contributed by atoms with Gasteiger partial charge in [0.1, 0.15) is 11.4 Å². The molecular weight excluding hydrogens is 248 g/mol. The van der Waals surface area contributed by atoms with Gasteiger partial charge in [-0.05, 0) is 32.9 Å². The largest absolute Gasteiger partial charge is 0.494 e. The minimum atomic E-state index is -0.586. The second kappa shape index (κ2) is 6.02. The van der Waals surface area contributed by atoms with Gasteiger partial charge in [-0.25, -0.2) is 9.59 Å². The molecule has 0 spiro atoms. The fraction of sp³-hybridized carbons (Fsp3) is 0.385. The van der Waals surface area contributed by atoms with E-state index in [1.165, 1.54) is 19.3 Å². The van der Waals surface area contributed by atoms with E-state index in [4.69, 9.17) is 9.47 Å². The SMILES string of the molecule is COc1cc(N=C=O)ccc1NC(=O)OC(C)(C)C. The lowest BCUT2D eigenvalue weighted by Crippen LogP contribution is -2.27. The van der Waals surface area contributed by atoms with Crippen LogP contribution in [0, 0.1) is 0 Å². The van der Waals surface area contributed by atoms with Crippen LogP contribution in [0.25, 0.3) is 0 Å². The fourth-order valence-corrected chi connectivity index (χ4v) is 1.32. The molecule has 0 saturated carbocycles. The highest BCUT2D eigenvalue weighted by molar-refractivity contribution is 5.87. The van der Waals surface area contributed by atoms with Gasteiger partial charge in [0.25, 0.3) is 0 Å². The van der Waals surface area contributed by atoms with Crippen molar-refractivity contribution in [3.05, 3.63) is 18.2 Å². The Hall–Kier alpha value is -2.33. The van der Waals surface area contributed by atoms with E-state index in [9.17, 15) is 9.59 Å². The first-order chi connectivity index (χ1) is 8.85. The molecule has 0 saturated heterocycles. The van der Waals surface area contributed by atoms with Crippen molar-refractivity contribution in [1.82, 2.24) is 0 Å². The van der Waals surface area contributed by atoms with Gasteiger partial charge in [-0.1, -0.05) is 0 Å². The van der Waals surface area contributed by atoms with Crippen LogP contribution in [-0.2, 0) is 9.53 Å². The highest BCUT2D eigenvalue weighted by Gasteiger charge is 2.17. The predicted molar refractivity (Wildman–Crippen MR) is 70.6 cm³/mol. The van der Waals surface area contributed by atoms with Crippen LogP contribution in [0.2, 0.25) is 0 Å². The summed E-state index contributed by atoms with van der Waals surface area (Å²) in [7, 11) is 1.45. The van der Waals surface area contributed by atoms with E-state index in [1.807, 2.05) is 0 Å². The predicted octanol–water partition coefficient (Wildman–Crippen LogP) is 3.01. The van der Waals surface area contributed by atoms with E-state index < -0.39 is 11.7 Å². The van der Waals surface area contributed by atoms with Gasteiger partial charge in [0.05, 0.1) is 18.5 Å². The molecule has 0 aliphatic heterocycles. The number of nitrogens with one attached hydrogen (secondary N) is 1. The zero-order valence-electron chi connectivity index (χ0n) is 11.3. The van der Waals surface area contributed by atoms with E-state index in [0.29, 0.717) is 17.1 Å². The average molecular weight is 264 g/mol. The third kappa shape index (κ3) is 4.81. The van der Waals surface area contributed by atoms with Crippen molar-refractivity contribution in [2.75, 3.05) is 12.4 Å². The molecule has 0 fully saturated rings. The Balaban J connectivity index is 2.89. The van der Waals surface area contributed by atoms with Gasteiger partial charge in [-0.3, -0.25) is 5.32 Å². The molecule has 6 heteroatoms. The number of anilines is 1. The van der Waals surface area contributed by atoms with Crippen molar-refractivity contribution in [3.63, 3.8) is 0 Å². The van der Waals surface area contributed by atoms with E-state index in [2.05, 4.69) is 10.3 Å². The Kier molecular flexibility index (Phi) is 4.67. The molecule has 0 bridgehead atoms. The normalized spacial score (nSPS) is 10.3. The van der Waals surface area contributed by atoms with Crippen LogP contribution in [0.1, 0.15) is 20.8 Å². The summed E-state index contributed by atoms with van der Waals surface area (Å²) in [5.74, 6) is 0.377. The first-order valence-corrected chi connectivity index (χ1v) is 5.61. The number of hydrogen-bond donors (Lipinski definition) is 1. The number of amides is 1. The number of carbonyl (C=O) groups is 1. The van der Waals surface area contributed by atoms with Crippen LogP contribution in [0.15, 0.2) is 23.2 Å². The number of methoxy groups -OCH3 is 1. The number of aliphatic imine (C=N–C) groups is 1. The molecule has 19 heavy (non-hydrogen) atoms. The second-order valence-electron chi connectivity index (χ2n) is 4.71. The quantitative estimate of drug-likeness (QED) is 0.672. The summed E-state index contributed by atoms with van der Waals surface area (Å²) < 4.78 is 10.2. The Labute approximate surface area is 111 Å². The minimum Gasteiger partial charge on any atom is -0.494 e. The first-order valence-electron chi connectivity index (χ1n) is 5.61. The molecule has 0 radical (unpaired) electrons. The maximum absolute atomic E-state index is 11.6. The van der Waals surface area contributed by atoms with Crippen molar-refractivity contribution < 1.29 is 19.1 Å². The van der Waals surface area contributed by atoms with Crippen LogP contribution >= 0.6 is 0 Å². The number of nitrogens with zero attached hydrogens (tertiary/aromatic N) is 1. The molecule has 0 unspecified atom stereocenters. The zero-order chi connectivity index (χ0) is 14.5. The summed E-state index contributed by atoms with van der Waals surface area (Å²) in [6, 6.07) is 4.64. The van der Waals surface area contributed by atoms with E-state index in [0.717, 1.165) is 0 Å². The third-order valence-electron chi connectivity index (χ3n) is 2.00. The lowest BCUT2D eigenvalue weighted by Gasteiger charge is -2.20. The summed E-state index contributed by atoms with van der Waals surface area (Å²) >= 11 is 0. The molecule has 1 aromatic carbocycles. The minimum absolute atomic E-state index is 0.377. The summed E-state index contributed by atoms with van der Waals surface area (Å²) in [5, 5.41) is 2.56. The van der Waals surface area contributed by atoms with Crippen molar-refractivity contribution in [3.8, 4) is 5.75 Å². The first kappa shape index (κ1) is 14.7. The molecule has 102 valence electrons. The molecular formula is C13H16N2O4. The standard InChI is InChI=1S/C13H16N2O4/c1-13(2,3)19-12(17)15-10-6-5-9(14-8-16)7-11(10)18-4/h5-7H,1-4H3,(H,15,17). The third-order valence-corrected chi connectivity index (χ3v) is 2.00. The van der Waals surface area contributed by atoms with Crippen LogP contribution in [0.3, 0.4) is 0 Å². The van der Waals surface area contributed by atoms with E-state index >= 15 is 0 Å². The maximum atomic E-state index is 11.6. The fourth-order valence-electron chi connectivity index (χ4n) is 1.32. The number of rotatable bonds is 3. The van der Waals surface area contributed by atoms with Crippen molar-refractivity contribution in [2.45, 2.75) is 26.4 Å². The topological polar surface area (TPSA) is 77.0 Å². The molecule has 0 atom stereocenters. The lowest BCUT2D eigenvalue weighted by atomic mass is 10.2. The smallest absolute Gasteiger partial charge is 0.412 e. The Morgan fingerprint density at radius 1 is 1.37 bits per heavy atom. The van der Waals surface area contributed by atoms with Gasteiger partial charge < -0.3 is 9.47 Å². The van der Waals surface area contributed by atoms with Crippen molar-refractivity contribution >= 4 is 23.5 Å². The lowest BCUT2D eigenvalue weighted by molar-refractivity contribution is 0.0635. The van der Waals surface area contributed by atoms with E-state index in [-0.39, 0.29) is 0 Å².